The van der Waals surface area contributed by atoms with Gasteiger partial charge in [-0.25, -0.2) is 4.79 Å². The van der Waals surface area contributed by atoms with Crippen molar-refractivity contribution >= 4 is 40.2 Å². The van der Waals surface area contributed by atoms with Crippen LogP contribution in [-0.4, -0.2) is 46.4 Å². The Bertz CT molecular complexity index is 799. The van der Waals surface area contributed by atoms with Crippen molar-refractivity contribution < 1.29 is 33.3 Å². The third-order valence-electron chi connectivity index (χ3n) is 3.48. The highest BCUT2D eigenvalue weighted by Gasteiger charge is 2.15. The first-order valence-corrected chi connectivity index (χ1v) is 9.18. The first kappa shape index (κ1) is 21.6. The molecule has 2 aromatic carbocycles. The molecular formula is C19H20INO7. The van der Waals surface area contributed by atoms with E-state index in [0.29, 0.717) is 28.7 Å². The zero-order valence-corrected chi connectivity index (χ0v) is 17.8. The van der Waals surface area contributed by atoms with Gasteiger partial charge in [-0.3, -0.25) is 4.79 Å². The molecule has 0 aromatic heterocycles. The minimum atomic E-state index is -0.654. The average molecular weight is 501 g/mol. The topological polar surface area (TPSA) is 92.3 Å². The third-order valence-corrected chi connectivity index (χ3v) is 4.20. The summed E-state index contributed by atoms with van der Waals surface area (Å²) < 4.78 is 26.9. The van der Waals surface area contributed by atoms with Gasteiger partial charge in [0.15, 0.2) is 24.7 Å². The third kappa shape index (κ3) is 6.19. The number of nitrogens with one attached hydrogen (secondary N) is 1. The van der Waals surface area contributed by atoms with E-state index < -0.39 is 18.5 Å². The lowest BCUT2D eigenvalue weighted by Gasteiger charge is -2.14. The Morgan fingerprint density at radius 1 is 0.929 bits per heavy atom. The number of halogens is 1. The van der Waals surface area contributed by atoms with Gasteiger partial charge in [-0.1, -0.05) is 0 Å². The predicted octanol–water partition coefficient (Wildman–Crippen LogP) is 2.88. The van der Waals surface area contributed by atoms with Gasteiger partial charge < -0.3 is 29.0 Å². The Hall–Kier alpha value is -2.69. The van der Waals surface area contributed by atoms with Crippen molar-refractivity contribution in [2.75, 3.05) is 39.9 Å². The molecule has 0 radical (unpaired) electrons. The molecule has 150 valence electrons. The smallest absolute Gasteiger partial charge is 0.344 e. The second kappa shape index (κ2) is 10.6. The normalized spacial score (nSPS) is 10.0. The first-order chi connectivity index (χ1) is 13.5. The minimum Gasteiger partial charge on any atom is -0.493 e. The molecule has 0 aliphatic rings. The lowest BCUT2D eigenvalue weighted by molar-refractivity contribution is -0.149. The lowest BCUT2D eigenvalue weighted by atomic mass is 10.2. The molecular weight excluding hydrogens is 481 g/mol. The molecule has 1 amide bonds. The van der Waals surface area contributed by atoms with E-state index in [4.69, 9.17) is 23.7 Å². The number of hydrogen-bond donors (Lipinski definition) is 1. The van der Waals surface area contributed by atoms with Crippen LogP contribution in [0, 0.1) is 3.57 Å². The number of anilines is 1. The summed E-state index contributed by atoms with van der Waals surface area (Å²) in [7, 11) is 4.42. The molecule has 28 heavy (non-hydrogen) atoms. The van der Waals surface area contributed by atoms with E-state index >= 15 is 0 Å². The Labute approximate surface area is 176 Å². The molecule has 0 spiro atoms. The van der Waals surface area contributed by atoms with Gasteiger partial charge in [0.1, 0.15) is 5.75 Å². The van der Waals surface area contributed by atoms with Crippen LogP contribution in [0.2, 0.25) is 0 Å². The summed E-state index contributed by atoms with van der Waals surface area (Å²) in [6, 6.07) is 10.3. The van der Waals surface area contributed by atoms with Crippen molar-refractivity contribution in [1.82, 2.24) is 0 Å². The molecule has 0 fully saturated rings. The second-order valence-electron chi connectivity index (χ2n) is 5.37. The molecule has 0 saturated heterocycles. The van der Waals surface area contributed by atoms with Gasteiger partial charge in [0.2, 0.25) is 5.75 Å². The van der Waals surface area contributed by atoms with Gasteiger partial charge in [-0.05, 0) is 46.9 Å². The van der Waals surface area contributed by atoms with Crippen molar-refractivity contribution in [3.63, 3.8) is 0 Å². The average Bonchev–Trinajstić information content (AvgIpc) is 2.71. The highest BCUT2D eigenvalue weighted by molar-refractivity contribution is 14.1. The molecule has 0 saturated carbocycles. The molecule has 8 nitrogen and oxygen atoms in total. The maximum atomic E-state index is 12.0. The van der Waals surface area contributed by atoms with E-state index in [9.17, 15) is 9.59 Å². The highest BCUT2D eigenvalue weighted by Crippen LogP contribution is 2.39. The number of amides is 1. The monoisotopic (exact) mass is 501 g/mol. The maximum Gasteiger partial charge on any atom is 0.344 e. The van der Waals surface area contributed by atoms with Gasteiger partial charge in [-0.2, -0.15) is 0 Å². The standard InChI is InChI=1S/C19H20INO7/c1-24-15-8-13(9-16(25-2)19(15)26-3)21-17(22)10-28-18(23)11-27-14-6-4-12(20)5-7-14/h4-9H,10-11H2,1-3H3,(H,21,22). The summed E-state index contributed by atoms with van der Waals surface area (Å²) >= 11 is 2.17. The number of esters is 1. The summed E-state index contributed by atoms with van der Waals surface area (Å²) in [5, 5.41) is 2.60. The van der Waals surface area contributed by atoms with Crippen LogP contribution in [-0.2, 0) is 14.3 Å². The van der Waals surface area contributed by atoms with Gasteiger partial charge >= 0.3 is 5.97 Å². The van der Waals surface area contributed by atoms with E-state index in [0.717, 1.165) is 3.57 Å². The van der Waals surface area contributed by atoms with Gasteiger partial charge in [0.25, 0.3) is 5.91 Å². The molecule has 0 aliphatic carbocycles. The van der Waals surface area contributed by atoms with Crippen molar-refractivity contribution in [3.05, 3.63) is 40.0 Å². The van der Waals surface area contributed by atoms with Crippen molar-refractivity contribution in [3.8, 4) is 23.0 Å². The molecule has 1 N–H and O–H groups in total. The fourth-order valence-electron chi connectivity index (χ4n) is 2.21. The number of carbonyl (C=O) groups is 2. The molecule has 0 unspecified atom stereocenters. The van der Waals surface area contributed by atoms with E-state index in [-0.39, 0.29) is 6.61 Å². The molecule has 0 atom stereocenters. The van der Waals surface area contributed by atoms with Gasteiger partial charge in [0, 0.05) is 21.4 Å². The Kier molecular flexibility index (Phi) is 8.18. The van der Waals surface area contributed by atoms with Crippen LogP contribution in [0.5, 0.6) is 23.0 Å². The molecule has 9 heteroatoms. The number of ether oxygens (including phenoxy) is 5. The van der Waals surface area contributed by atoms with Gasteiger partial charge in [0.05, 0.1) is 21.3 Å². The van der Waals surface area contributed by atoms with E-state index in [1.54, 1.807) is 24.3 Å². The minimum absolute atomic E-state index is 0.294. The SMILES string of the molecule is COc1cc(NC(=O)COC(=O)COc2ccc(I)cc2)cc(OC)c1OC. The zero-order valence-electron chi connectivity index (χ0n) is 15.6. The van der Waals surface area contributed by atoms with E-state index in [1.807, 2.05) is 12.1 Å². The molecule has 0 aliphatic heterocycles. The van der Waals surface area contributed by atoms with Crippen LogP contribution in [0.1, 0.15) is 0 Å². The lowest BCUT2D eigenvalue weighted by Crippen LogP contribution is -2.23. The quantitative estimate of drug-likeness (QED) is 0.418. The number of rotatable bonds is 9. The Morgan fingerprint density at radius 3 is 2.07 bits per heavy atom. The van der Waals surface area contributed by atoms with Gasteiger partial charge in [-0.15, -0.1) is 0 Å². The van der Waals surface area contributed by atoms with Crippen LogP contribution in [0.3, 0.4) is 0 Å². The Balaban J connectivity index is 1.86. The maximum absolute atomic E-state index is 12.0. The summed E-state index contributed by atoms with van der Waals surface area (Å²) in [5.74, 6) is 0.553. The van der Waals surface area contributed by atoms with Crippen molar-refractivity contribution in [2.24, 2.45) is 0 Å². The van der Waals surface area contributed by atoms with Crippen LogP contribution < -0.4 is 24.3 Å². The zero-order chi connectivity index (χ0) is 20.5. The fraction of sp³-hybridized carbons (Fsp3) is 0.263. The van der Waals surface area contributed by atoms with E-state index in [1.165, 1.54) is 21.3 Å². The summed E-state index contributed by atoms with van der Waals surface area (Å²) in [6.45, 7) is -0.746. The second-order valence-corrected chi connectivity index (χ2v) is 6.61. The van der Waals surface area contributed by atoms with Crippen LogP contribution >= 0.6 is 22.6 Å². The van der Waals surface area contributed by atoms with Crippen molar-refractivity contribution in [2.45, 2.75) is 0 Å². The summed E-state index contributed by atoms with van der Waals surface area (Å²) in [6.07, 6.45) is 0. The fourth-order valence-corrected chi connectivity index (χ4v) is 2.57. The van der Waals surface area contributed by atoms with E-state index in [2.05, 4.69) is 27.9 Å². The van der Waals surface area contributed by atoms with Crippen LogP contribution in [0.15, 0.2) is 36.4 Å². The number of hydrogen-bond acceptors (Lipinski definition) is 7. The molecule has 2 aromatic rings. The first-order valence-electron chi connectivity index (χ1n) is 8.10. The predicted molar refractivity (Wildman–Crippen MR) is 110 cm³/mol. The molecule has 0 heterocycles. The number of benzene rings is 2. The largest absolute Gasteiger partial charge is 0.493 e. The Morgan fingerprint density at radius 2 is 1.54 bits per heavy atom. The highest BCUT2D eigenvalue weighted by atomic mass is 127. The molecule has 0 bridgehead atoms. The van der Waals surface area contributed by atoms with Crippen molar-refractivity contribution in [1.29, 1.82) is 0 Å². The van der Waals surface area contributed by atoms with Crippen LogP contribution in [0.4, 0.5) is 5.69 Å². The van der Waals surface area contributed by atoms with Crippen LogP contribution in [0.25, 0.3) is 0 Å². The summed E-state index contributed by atoms with van der Waals surface area (Å²) in [5.41, 5.74) is 0.408. The number of carbonyl (C=O) groups excluding carboxylic acids is 2. The molecule has 2 rings (SSSR count). The number of methoxy groups -OCH3 is 3. The summed E-state index contributed by atoms with van der Waals surface area (Å²) in [4.78, 5) is 23.8.